The van der Waals surface area contributed by atoms with Gasteiger partial charge in [0.05, 0.1) is 11.1 Å². The van der Waals surface area contributed by atoms with Gasteiger partial charge in [-0.3, -0.25) is 9.78 Å². The first-order valence-corrected chi connectivity index (χ1v) is 11.5. The SMILES string of the molecule is CCCCCC(OOC(=O)c1ccc(CCC)cc1)OOC(=O)c1ccc(CCC)cc1. The highest BCUT2D eigenvalue weighted by atomic mass is 17.3. The molecule has 0 unspecified atom stereocenters. The van der Waals surface area contributed by atoms with Gasteiger partial charge in [0.1, 0.15) is 0 Å². The molecule has 0 aliphatic carbocycles. The Hall–Kier alpha value is -2.70. The van der Waals surface area contributed by atoms with Crippen molar-refractivity contribution in [3.63, 3.8) is 0 Å². The molecule has 0 bridgehead atoms. The molecule has 0 atom stereocenters. The maximum atomic E-state index is 12.3. The van der Waals surface area contributed by atoms with Crippen LogP contribution in [0.1, 0.15) is 91.1 Å². The van der Waals surface area contributed by atoms with Crippen LogP contribution in [0.4, 0.5) is 0 Å². The molecule has 2 aromatic carbocycles. The summed E-state index contributed by atoms with van der Waals surface area (Å²) >= 11 is 0. The maximum absolute atomic E-state index is 12.3. The normalized spacial score (nSPS) is 10.9. The number of rotatable bonds is 14. The second-order valence-corrected chi connectivity index (χ2v) is 7.75. The summed E-state index contributed by atoms with van der Waals surface area (Å²) in [4.78, 5) is 44.8. The quantitative estimate of drug-likeness (QED) is 0.146. The van der Waals surface area contributed by atoms with Crippen LogP contribution < -0.4 is 0 Å². The fourth-order valence-electron chi connectivity index (χ4n) is 3.16. The van der Waals surface area contributed by atoms with Gasteiger partial charge in [-0.1, -0.05) is 70.7 Å². The molecule has 0 saturated heterocycles. The first kappa shape index (κ1) is 25.6. The lowest BCUT2D eigenvalue weighted by molar-refractivity contribution is -0.421. The molecule has 32 heavy (non-hydrogen) atoms. The second-order valence-electron chi connectivity index (χ2n) is 7.75. The molecule has 2 aromatic rings. The third-order valence-electron chi connectivity index (χ3n) is 4.96. The molecule has 6 heteroatoms. The minimum absolute atomic E-state index is 0.376. The van der Waals surface area contributed by atoms with E-state index in [1.54, 1.807) is 24.3 Å². The summed E-state index contributed by atoms with van der Waals surface area (Å²) in [7, 11) is 0. The summed E-state index contributed by atoms with van der Waals surface area (Å²) in [6, 6.07) is 14.4. The number of hydrogen-bond acceptors (Lipinski definition) is 6. The van der Waals surface area contributed by atoms with Crippen molar-refractivity contribution in [1.29, 1.82) is 0 Å². The molecule has 0 N–H and O–H groups in total. The average Bonchev–Trinajstić information content (AvgIpc) is 2.81. The number of hydrogen-bond donors (Lipinski definition) is 0. The monoisotopic (exact) mass is 442 g/mol. The van der Waals surface area contributed by atoms with E-state index >= 15 is 0 Å². The molecule has 2 rings (SSSR count). The van der Waals surface area contributed by atoms with Gasteiger partial charge in [0.15, 0.2) is 0 Å². The van der Waals surface area contributed by atoms with Crippen LogP contribution in [0, 0.1) is 0 Å². The minimum atomic E-state index is -1.01. The van der Waals surface area contributed by atoms with E-state index in [0.29, 0.717) is 17.5 Å². The van der Waals surface area contributed by atoms with E-state index in [1.165, 1.54) is 0 Å². The number of benzene rings is 2. The molecule has 0 aliphatic rings. The van der Waals surface area contributed by atoms with Gasteiger partial charge in [0.25, 0.3) is 0 Å². The highest BCUT2D eigenvalue weighted by Gasteiger charge is 2.19. The Labute approximate surface area is 190 Å². The van der Waals surface area contributed by atoms with Gasteiger partial charge in [-0.15, -0.1) is 9.78 Å². The van der Waals surface area contributed by atoms with Gasteiger partial charge in [-0.05, 0) is 54.7 Å². The first-order valence-electron chi connectivity index (χ1n) is 11.5. The van der Waals surface area contributed by atoms with Crippen LogP contribution in [0.2, 0.25) is 0 Å². The first-order chi connectivity index (χ1) is 15.6. The van der Waals surface area contributed by atoms with Gasteiger partial charge in [0.2, 0.25) is 6.29 Å². The van der Waals surface area contributed by atoms with Crippen molar-refractivity contribution >= 4 is 11.9 Å². The van der Waals surface area contributed by atoms with Gasteiger partial charge < -0.3 is 0 Å². The van der Waals surface area contributed by atoms with Crippen LogP contribution in [0.25, 0.3) is 0 Å². The molecule has 0 radical (unpaired) electrons. The van der Waals surface area contributed by atoms with Crippen LogP contribution >= 0.6 is 0 Å². The summed E-state index contributed by atoms with van der Waals surface area (Å²) in [6.45, 7) is 6.27. The van der Waals surface area contributed by atoms with Crippen molar-refractivity contribution in [2.24, 2.45) is 0 Å². The van der Waals surface area contributed by atoms with Crippen molar-refractivity contribution in [2.45, 2.75) is 78.4 Å². The summed E-state index contributed by atoms with van der Waals surface area (Å²) in [5.74, 6) is -1.26. The molecule has 0 aliphatic heterocycles. The fraction of sp³-hybridized carbons (Fsp3) is 0.462. The van der Waals surface area contributed by atoms with Gasteiger partial charge in [-0.2, -0.15) is 0 Å². The lowest BCUT2D eigenvalue weighted by Gasteiger charge is -2.15. The van der Waals surface area contributed by atoms with Gasteiger partial charge >= 0.3 is 11.9 Å². The van der Waals surface area contributed by atoms with Crippen LogP contribution in [-0.2, 0) is 32.4 Å². The topological polar surface area (TPSA) is 71.1 Å². The summed E-state index contributed by atoms with van der Waals surface area (Å²) in [5.41, 5.74) is 3.06. The lowest BCUT2D eigenvalue weighted by atomic mass is 10.1. The Morgan fingerprint density at radius 1 is 0.656 bits per heavy atom. The van der Waals surface area contributed by atoms with Crippen molar-refractivity contribution in [3.8, 4) is 0 Å². The van der Waals surface area contributed by atoms with Crippen LogP contribution in [0.5, 0.6) is 0 Å². The molecule has 6 nitrogen and oxygen atoms in total. The molecule has 0 heterocycles. The second kappa shape index (κ2) is 14.4. The summed E-state index contributed by atoms with van der Waals surface area (Å²) in [5, 5.41) is 0. The van der Waals surface area contributed by atoms with E-state index < -0.39 is 18.2 Å². The highest BCUT2D eigenvalue weighted by molar-refractivity contribution is 5.89. The average molecular weight is 443 g/mol. The molecule has 0 spiro atoms. The standard InChI is InChI=1S/C26H34O6/c1-4-7-8-11-24(29-31-25(27)22-16-12-20(9-5-2)13-17-22)30-32-26(28)23-18-14-21(10-6-3)15-19-23/h12-19,24H,4-11H2,1-3H3. The Bertz CT molecular complexity index is 748. The predicted octanol–water partition coefficient (Wildman–Crippen LogP) is 6.38. The molecule has 0 amide bonds. The predicted molar refractivity (Wildman–Crippen MR) is 122 cm³/mol. The maximum Gasteiger partial charge on any atom is 0.373 e. The number of carbonyl (C=O) groups excluding carboxylic acids is 2. The van der Waals surface area contributed by atoms with E-state index in [4.69, 9.17) is 19.6 Å². The van der Waals surface area contributed by atoms with Gasteiger partial charge in [-0.25, -0.2) is 9.59 Å². The largest absolute Gasteiger partial charge is 0.373 e. The van der Waals surface area contributed by atoms with Crippen molar-refractivity contribution < 1.29 is 29.1 Å². The van der Waals surface area contributed by atoms with E-state index in [1.807, 2.05) is 24.3 Å². The van der Waals surface area contributed by atoms with E-state index in [9.17, 15) is 9.59 Å². The Morgan fingerprint density at radius 2 is 1.09 bits per heavy atom. The van der Waals surface area contributed by atoms with Crippen LogP contribution in [0.3, 0.4) is 0 Å². The van der Waals surface area contributed by atoms with Crippen molar-refractivity contribution in [1.82, 2.24) is 0 Å². The summed E-state index contributed by atoms with van der Waals surface area (Å²) < 4.78 is 0. The van der Waals surface area contributed by atoms with E-state index in [0.717, 1.165) is 56.1 Å². The molecule has 174 valence electrons. The fourth-order valence-corrected chi connectivity index (χ4v) is 3.16. The van der Waals surface area contributed by atoms with E-state index in [2.05, 4.69) is 20.8 Å². The zero-order valence-electron chi connectivity index (χ0n) is 19.3. The zero-order valence-corrected chi connectivity index (χ0v) is 19.3. The molecule has 0 saturated carbocycles. The minimum Gasteiger partial charge on any atom is -0.290 e. The zero-order chi connectivity index (χ0) is 23.2. The molecule has 0 fully saturated rings. The van der Waals surface area contributed by atoms with Crippen LogP contribution in [0.15, 0.2) is 48.5 Å². The van der Waals surface area contributed by atoms with Crippen molar-refractivity contribution in [2.75, 3.05) is 0 Å². The third kappa shape index (κ3) is 8.81. The van der Waals surface area contributed by atoms with Crippen molar-refractivity contribution in [3.05, 3.63) is 70.8 Å². The highest BCUT2D eigenvalue weighted by Crippen LogP contribution is 2.14. The number of carbonyl (C=O) groups is 2. The Balaban J connectivity index is 1.89. The smallest absolute Gasteiger partial charge is 0.290 e. The molecular formula is C26H34O6. The lowest BCUT2D eigenvalue weighted by Crippen LogP contribution is -2.22. The molecule has 0 aromatic heterocycles. The Morgan fingerprint density at radius 3 is 1.47 bits per heavy atom. The number of aryl methyl sites for hydroxylation is 2. The number of unbranched alkanes of at least 4 members (excludes halogenated alkanes) is 2. The Kier molecular flexibility index (Phi) is 11.5. The van der Waals surface area contributed by atoms with Gasteiger partial charge in [0, 0.05) is 6.42 Å². The summed E-state index contributed by atoms with van der Waals surface area (Å²) in [6.07, 6.45) is 6.10. The molecular weight excluding hydrogens is 408 g/mol. The third-order valence-corrected chi connectivity index (χ3v) is 4.96. The van der Waals surface area contributed by atoms with Crippen LogP contribution in [-0.4, -0.2) is 18.2 Å². The van der Waals surface area contributed by atoms with E-state index in [-0.39, 0.29) is 0 Å².